The molecule has 102 valence electrons. The standard InChI is InChI=1S/C13H10ClN3O3/c14-9-3-1-2-4-10(9)16-13(20)17-11-7-8(12(18)19)5-6-15-11/h1-7H,(H,18,19)(H2,15,16,17,20). The molecule has 7 heteroatoms. The Morgan fingerprint density at radius 2 is 1.90 bits per heavy atom. The lowest BCUT2D eigenvalue weighted by Gasteiger charge is -2.08. The number of rotatable bonds is 3. The van der Waals surface area contributed by atoms with Crippen molar-refractivity contribution in [2.75, 3.05) is 10.6 Å². The molecule has 0 bridgehead atoms. The fourth-order valence-electron chi connectivity index (χ4n) is 1.46. The lowest BCUT2D eigenvalue weighted by molar-refractivity contribution is 0.0696. The summed E-state index contributed by atoms with van der Waals surface area (Å²) in [6.45, 7) is 0. The fourth-order valence-corrected chi connectivity index (χ4v) is 1.65. The molecule has 2 aromatic rings. The number of carbonyl (C=O) groups excluding carboxylic acids is 1. The molecule has 0 unspecified atom stereocenters. The summed E-state index contributed by atoms with van der Waals surface area (Å²) >= 11 is 5.90. The van der Waals surface area contributed by atoms with Gasteiger partial charge in [-0.3, -0.25) is 5.32 Å². The zero-order valence-electron chi connectivity index (χ0n) is 10.1. The van der Waals surface area contributed by atoms with Gasteiger partial charge >= 0.3 is 12.0 Å². The van der Waals surface area contributed by atoms with Crippen LogP contribution in [0.5, 0.6) is 0 Å². The molecule has 0 radical (unpaired) electrons. The molecular weight excluding hydrogens is 282 g/mol. The van der Waals surface area contributed by atoms with E-state index in [1.54, 1.807) is 24.3 Å². The van der Waals surface area contributed by atoms with Gasteiger partial charge in [0.1, 0.15) is 5.82 Å². The van der Waals surface area contributed by atoms with Gasteiger partial charge in [0.2, 0.25) is 0 Å². The summed E-state index contributed by atoms with van der Waals surface area (Å²) in [5, 5.41) is 14.2. The van der Waals surface area contributed by atoms with Crippen LogP contribution in [0.4, 0.5) is 16.3 Å². The van der Waals surface area contributed by atoms with E-state index in [9.17, 15) is 9.59 Å². The lowest BCUT2D eigenvalue weighted by atomic mass is 10.2. The monoisotopic (exact) mass is 291 g/mol. The highest BCUT2D eigenvalue weighted by Gasteiger charge is 2.08. The SMILES string of the molecule is O=C(Nc1cc(C(=O)O)ccn1)Nc1ccccc1Cl. The van der Waals surface area contributed by atoms with Gasteiger partial charge in [-0.05, 0) is 24.3 Å². The van der Waals surface area contributed by atoms with Crippen LogP contribution >= 0.6 is 11.6 Å². The van der Waals surface area contributed by atoms with Gasteiger partial charge in [0.15, 0.2) is 0 Å². The van der Waals surface area contributed by atoms with Gasteiger partial charge in [0, 0.05) is 6.20 Å². The Kier molecular flexibility index (Phi) is 4.17. The minimum Gasteiger partial charge on any atom is -0.478 e. The van der Waals surface area contributed by atoms with Crippen LogP contribution < -0.4 is 10.6 Å². The van der Waals surface area contributed by atoms with Gasteiger partial charge in [-0.25, -0.2) is 14.6 Å². The van der Waals surface area contributed by atoms with Crippen molar-refractivity contribution >= 4 is 35.1 Å². The number of carboxylic acid groups (broad SMARTS) is 1. The summed E-state index contributed by atoms with van der Waals surface area (Å²) in [7, 11) is 0. The van der Waals surface area contributed by atoms with Crippen LogP contribution in [0.3, 0.4) is 0 Å². The van der Waals surface area contributed by atoms with Crippen LogP contribution in [0.2, 0.25) is 5.02 Å². The number of carboxylic acids is 1. The number of carbonyl (C=O) groups is 2. The van der Waals surface area contributed by atoms with Gasteiger partial charge in [0.05, 0.1) is 16.3 Å². The van der Waals surface area contributed by atoms with Crippen LogP contribution in [0, 0.1) is 0 Å². The molecule has 1 heterocycles. The molecule has 0 spiro atoms. The smallest absolute Gasteiger partial charge is 0.335 e. The molecule has 2 rings (SSSR count). The number of amides is 2. The van der Waals surface area contributed by atoms with E-state index < -0.39 is 12.0 Å². The maximum absolute atomic E-state index is 11.7. The Hall–Kier alpha value is -2.60. The van der Waals surface area contributed by atoms with E-state index in [-0.39, 0.29) is 11.4 Å². The van der Waals surface area contributed by atoms with Gasteiger partial charge in [-0.15, -0.1) is 0 Å². The molecule has 1 aromatic heterocycles. The average Bonchev–Trinajstić information content (AvgIpc) is 2.41. The molecule has 0 saturated carbocycles. The number of hydrogen-bond donors (Lipinski definition) is 3. The van der Waals surface area contributed by atoms with E-state index in [1.165, 1.54) is 18.3 Å². The van der Waals surface area contributed by atoms with E-state index in [4.69, 9.17) is 16.7 Å². The second kappa shape index (κ2) is 6.03. The first-order chi connectivity index (χ1) is 9.56. The van der Waals surface area contributed by atoms with Crippen molar-refractivity contribution in [1.82, 2.24) is 4.98 Å². The van der Waals surface area contributed by atoms with Gasteiger partial charge < -0.3 is 10.4 Å². The minimum absolute atomic E-state index is 0.0352. The van der Waals surface area contributed by atoms with Crippen molar-refractivity contribution in [3.05, 3.63) is 53.2 Å². The first-order valence-electron chi connectivity index (χ1n) is 5.58. The average molecular weight is 292 g/mol. The Morgan fingerprint density at radius 3 is 2.60 bits per heavy atom. The number of urea groups is 1. The third-order valence-electron chi connectivity index (χ3n) is 2.37. The molecule has 0 aliphatic heterocycles. The quantitative estimate of drug-likeness (QED) is 0.810. The van der Waals surface area contributed by atoms with Crippen molar-refractivity contribution in [3.63, 3.8) is 0 Å². The van der Waals surface area contributed by atoms with Crippen molar-refractivity contribution in [3.8, 4) is 0 Å². The number of pyridine rings is 1. The van der Waals surface area contributed by atoms with Crippen molar-refractivity contribution in [1.29, 1.82) is 0 Å². The molecular formula is C13H10ClN3O3. The predicted molar refractivity (Wildman–Crippen MR) is 75.3 cm³/mol. The number of nitrogens with one attached hydrogen (secondary N) is 2. The molecule has 0 saturated heterocycles. The zero-order valence-corrected chi connectivity index (χ0v) is 10.9. The van der Waals surface area contributed by atoms with E-state index >= 15 is 0 Å². The van der Waals surface area contributed by atoms with Crippen LogP contribution in [0.25, 0.3) is 0 Å². The number of halogens is 1. The summed E-state index contributed by atoms with van der Waals surface area (Å²) in [5.74, 6) is -0.962. The van der Waals surface area contributed by atoms with Crippen LogP contribution in [-0.4, -0.2) is 22.1 Å². The molecule has 2 amide bonds. The Labute approximate surface area is 119 Å². The summed E-state index contributed by atoms with van der Waals surface area (Å²) in [6.07, 6.45) is 1.30. The van der Waals surface area contributed by atoms with Crippen LogP contribution in [-0.2, 0) is 0 Å². The van der Waals surface area contributed by atoms with Gasteiger partial charge in [-0.1, -0.05) is 23.7 Å². The third-order valence-corrected chi connectivity index (χ3v) is 2.70. The fraction of sp³-hybridized carbons (Fsp3) is 0. The number of nitrogens with zero attached hydrogens (tertiary/aromatic N) is 1. The summed E-state index contributed by atoms with van der Waals surface area (Å²) in [6, 6.07) is 8.78. The van der Waals surface area contributed by atoms with Crippen molar-refractivity contribution in [2.24, 2.45) is 0 Å². The maximum Gasteiger partial charge on any atom is 0.335 e. The number of anilines is 2. The predicted octanol–water partition coefficient (Wildman–Crippen LogP) is 3.08. The topological polar surface area (TPSA) is 91.3 Å². The second-order valence-corrected chi connectivity index (χ2v) is 4.20. The highest BCUT2D eigenvalue weighted by atomic mass is 35.5. The number of aromatic carboxylic acids is 1. The first-order valence-corrected chi connectivity index (χ1v) is 5.96. The molecule has 6 nitrogen and oxygen atoms in total. The molecule has 0 atom stereocenters. The van der Waals surface area contributed by atoms with E-state index in [2.05, 4.69) is 15.6 Å². The van der Waals surface area contributed by atoms with Crippen molar-refractivity contribution < 1.29 is 14.7 Å². The Morgan fingerprint density at radius 1 is 1.15 bits per heavy atom. The van der Waals surface area contributed by atoms with E-state index in [0.29, 0.717) is 10.7 Å². The number of hydrogen-bond acceptors (Lipinski definition) is 3. The molecule has 0 aliphatic carbocycles. The maximum atomic E-state index is 11.7. The van der Waals surface area contributed by atoms with E-state index in [1.807, 2.05) is 0 Å². The first kappa shape index (κ1) is 13.8. The second-order valence-electron chi connectivity index (χ2n) is 3.79. The number of para-hydroxylation sites is 1. The highest BCUT2D eigenvalue weighted by Crippen LogP contribution is 2.20. The summed E-state index contributed by atoms with van der Waals surface area (Å²) < 4.78 is 0. The molecule has 20 heavy (non-hydrogen) atoms. The Balaban J connectivity index is 2.07. The normalized spacial score (nSPS) is 9.85. The number of aromatic nitrogens is 1. The third kappa shape index (κ3) is 3.46. The minimum atomic E-state index is -1.10. The van der Waals surface area contributed by atoms with Crippen molar-refractivity contribution in [2.45, 2.75) is 0 Å². The molecule has 0 fully saturated rings. The summed E-state index contributed by atoms with van der Waals surface area (Å²) in [5.41, 5.74) is 0.481. The Bertz CT molecular complexity index is 661. The largest absolute Gasteiger partial charge is 0.478 e. The molecule has 1 aromatic carbocycles. The number of benzene rings is 1. The van der Waals surface area contributed by atoms with Crippen LogP contribution in [0.1, 0.15) is 10.4 Å². The zero-order chi connectivity index (χ0) is 14.5. The van der Waals surface area contributed by atoms with Gasteiger partial charge in [-0.2, -0.15) is 0 Å². The van der Waals surface area contributed by atoms with Gasteiger partial charge in [0.25, 0.3) is 0 Å². The van der Waals surface area contributed by atoms with E-state index in [0.717, 1.165) is 0 Å². The molecule has 3 N–H and O–H groups in total. The lowest BCUT2D eigenvalue weighted by Crippen LogP contribution is -2.20. The molecule has 0 aliphatic rings. The van der Waals surface area contributed by atoms with Crippen LogP contribution in [0.15, 0.2) is 42.6 Å². The highest BCUT2D eigenvalue weighted by molar-refractivity contribution is 6.33. The summed E-state index contributed by atoms with van der Waals surface area (Å²) in [4.78, 5) is 26.4.